The average molecular weight is 235 g/mol. The van der Waals surface area contributed by atoms with Crippen molar-refractivity contribution in [2.45, 2.75) is 38.5 Å². The predicted octanol–water partition coefficient (Wildman–Crippen LogP) is 2.75. The molecule has 0 bridgehead atoms. The lowest BCUT2D eigenvalue weighted by atomic mass is 9.96. The zero-order chi connectivity index (χ0) is 12.1. The quantitative estimate of drug-likeness (QED) is 0.739. The van der Waals surface area contributed by atoms with Gasteiger partial charge in [-0.15, -0.1) is 0 Å². The molecule has 1 aliphatic carbocycles. The first-order chi connectivity index (χ1) is 8.35. The molecule has 1 aliphatic rings. The lowest BCUT2D eigenvalue weighted by molar-refractivity contribution is 0.252. The van der Waals surface area contributed by atoms with Crippen molar-refractivity contribution < 1.29 is 9.84 Å². The number of pyridine rings is 1. The number of hydrogen-bond donors (Lipinski definition) is 1. The van der Waals surface area contributed by atoms with Crippen molar-refractivity contribution in [3.05, 3.63) is 23.9 Å². The van der Waals surface area contributed by atoms with Crippen LogP contribution in [0.2, 0.25) is 0 Å². The van der Waals surface area contributed by atoms with Gasteiger partial charge in [0.05, 0.1) is 13.2 Å². The normalized spacial score (nSPS) is 16.8. The number of rotatable bonds is 7. The van der Waals surface area contributed by atoms with Crippen LogP contribution in [0.15, 0.2) is 18.3 Å². The first kappa shape index (κ1) is 12.4. The van der Waals surface area contributed by atoms with Gasteiger partial charge in [-0.25, -0.2) is 4.98 Å². The molecule has 1 aromatic rings. The first-order valence-corrected chi connectivity index (χ1v) is 6.54. The van der Waals surface area contributed by atoms with E-state index in [2.05, 4.69) is 11.9 Å². The Morgan fingerprint density at radius 2 is 2.35 bits per heavy atom. The van der Waals surface area contributed by atoms with Crippen LogP contribution in [0, 0.1) is 5.92 Å². The summed E-state index contributed by atoms with van der Waals surface area (Å²) in [7, 11) is 0. The Kier molecular flexibility index (Phi) is 4.37. The van der Waals surface area contributed by atoms with Gasteiger partial charge in [-0.1, -0.05) is 13.3 Å². The maximum Gasteiger partial charge on any atom is 0.213 e. The molecule has 0 amide bonds. The van der Waals surface area contributed by atoms with Crippen LogP contribution >= 0.6 is 0 Å². The summed E-state index contributed by atoms with van der Waals surface area (Å²) < 4.78 is 5.59. The monoisotopic (exact) mass is 235 g/mol. The van der Waals surface area contributed by atoms with Crippen LogP contribution in [0.25, 0.3) is 0 Å². The molecule has 1 heterocycles. The molecule has 0 aromatic carbocycles. The molecule has 0 spiro atoms. The third kappa shape index (κ3) is 3.43. The van der Waals surface area contributed by atoms with E-state index in [-0.39, 0.29) is 12.5 Å². The summed E-state index contributed by atoms with van der Waals surface area (Å²) in [5, 5.41) is 9.43. The van der Waals surface area contributed by atoms with Crippen molar-refractivity contribution in [2.75, 3.05) is 13.2 Å². The third-order valence-electron chi connectivity index (χ3n) is 3.32. The standard InChI is InChI=1S/C14H21NO2/c1-2-3-8-17-14-9-12(6-7-15-14)13(10-16)11-4-5-11/h6-7,9,11,13,16H,2-5,8,10H2,1H3/t13-/m0/s1. The van der Waals surface area contributed by atoms with Gasteiger partial charge in [-0.2, -0.15) is 0 Å². The van der Waals surface area contributed by atoms with E-state index >= 15 is 0 Å². The van der Waals surface area contributed by atoms with Crippen LogP contribution < -0.4 is 4.74 Å². The van der Waals surface area contributed by atoms with E-state index in [0.29, 0.717) is 11.8 Å². The van der Waals surface area contributed by atoms with E-state index in [1.807, 2.05) is 12.1 Å². The minimum absolute atomic E-state index is 0.225. The molecule has 0 aliphatic heterocycles. The summed E-state index contributed by atoms with van der Waals surface area (Å²) in [6, 6.07) is 3.97. The topological polar surface area (TPSA) is 42.4 Å². The fourth-order valence-corrected chi connectivity index (χ4v) is 2.08. The highest BCUT2D eigenvalue weighted by atomic mass is 16.5. The second-order valence-electron chi connectivity index (χ2n) is 4.76. The van der Waals surface area contributed by atoms with Gasteiger partial charge in [0.25, 0.3) is 0 Å². The molecule has 2 rings (SSSR count). The molecule has 3 heteroatoms. The second-order valence-corrected chi connectivity index (χ2v) is 4.76. The van der Waals surface area contributed by atoms with E-state index in [4.69, 9.17) is 4.74 Å². The zero-order valence-corrected chi connectivity index (χ0v) is 10.4. The third-order valence-corrected chi connectivity index (χ3v) is 3.32. The molecule has 1 saturated carbocycles. The van der Waals surface area contributed by atoms with Gasteiger partial charge in [0.2, 0.25) is 5.88 Å². The summed E-state index contributed by atoms with van der Waals surface area (Å²) in [5.41, 5.74) is 1.16. The van der Waals surface area contributed by atoms with E-state index in [1.54, 1.807) is 6.20 Å². The Hall–Kier alpha value is -1.09. The second kappa shape index (κ2) is 6.01. The van der Waals surface area contributed by atoms with Crippen LogP contribution in [0.3, 0.4) is 0 Å². The van der Waals surface area contributed by atoms with Crippen LogP contribution in [0.5, 0.6) is 5.88 Å². The number of aliphatic hydroxyl groups excluding tert-OH is 1. The summed E-state index contributed by atoms with van der Waals surface area (Å²) in [6.07, 6.45) is 6.43. The van der Waals surface area contributed by atoms with Crippen LogP contribution in [0.1, 0.15) is 44.1 Å². The zero-order valence-electron chi connectivity index (χ0n) is 10.4. The summed E-state index contributed by atoms with van der Waals surface area (Å²) >= 11 is 0. The minimum Gasteiger partial charge on any atom is -0.478 e. The number of unbranched alkanes of at least 4 members (excludes halogenated alkanes) is 1. The van der Waals surface area contributed by atoms with E-state index < -0.39 is 0 Å². The highest BCUT2D eigenvalue weighted by Gasteiger charge is 2.31. The lowest BCUT2D eigenvalue weighted by Crippen LogP contribution is -2.07. The SMILES string of the molecule is CCCCOc1cc([C@@H](CO)C2CC2)ccn1. The van der Waals surface area contributed by atoms with Gasteiger partial charge < -0.3 is 9.84 Å². The smallest absolute Gasteiger partial charge is 0.213 e. The van der Waals surface area contributed by atoms with E-state index in [9.17, 15) is 5.11 Å². The maximum absolute atomic E-state index is 9.43. The molecule has 3 nitrogen and oxygen atoms in total. The molecule has 17 heavy (non-hydrogen) atoms. The summed E-state index contributed by atoms with van der Waals surface area (Å²) in [6.45, 7) is 3.09. The van der Waals surface area contributed by atoms with Gasteiger partial charge in [-0.05, 0) is 36.8 Å². The Balaban J connectivity index is 1.99. The summed E-state index contributed by atoms with van der Waals surface area (Å²) in [5.74, 6) is 1.62. The van der Waals surface area contributed by atoms with E-state index in [1.165, 1.54) is 12.8 Å². The molecule has 1 atom stereocenters. The number of ether oxygens (including phenoxy) is 1. The van der Waals surface area contributed by atoms with Crippen molar-refractivity contribution in [3.63, 3.8) is 0 Å². The number of aromatic nitrogens is 1. The lowest BCUT2D eigenvalue weighted by Gasteiger charge is -2.14. The molecule has 0 saturated heterocycles. The van der Waals surface area contributed by atoms with Crippen molar-refractivity contribution in [1.82, 2.24) is 4.98 Å². The first-order valence-electron chi connectivity index (χ1n) is 6.54. The van der Waals surface area contributed by atoms with Crippen LogP contribution in [-0.2, 0) is 0 Å². The minimum atomic E-state index is 0.225. The van der Waals surface area contributed by atoms with Crippen LogP contribution in [0.4, 0.5) is 0 Å². The molecule has 0 radical (unpaired) electrons. The van der Waals surface area contributed by atoms with Gasteiger partial charge in [-0.3, -0.25) is 0 Å². The van der Waals surface area contributed by atoms with E-state index in [0.717, 1.165) is 25.0 Å². The Labute approximate surface area is 103 Å². The molecule has 0 unspecified atom stereocenters. The fourth-order valence-electron chi connectivity index (χ4n) is 2.08. The number of hydrogen-bond acceptors (Lipinski definition) is 3. The molecule has 1 N–H and O–H groups in total. The highest BCUT2D eigenvalue weighted by molar-refractivity contribution is 5.25. The molecular weight excluding hydrogens is 214 g/mol. The maximum atomic E-state index is 9.43. The largest absolute Gasteiger partial charge is 0.478 e. The Morgan fingerprint density at radius 1 is 1.53 bits per heavy atom. The van der Waals surface area contributed by atoms with Crippen molar-refractivity contribution in [2.24, 2.45) is 5.92 Å². The van der Waals surface area contributed by atoms with Crippen molar-refractivity contribution in [3.8, 4) is 5.88 Å². The number of aliphatic hydroxyl groups is 1. The number of nitrogens with zero attached hydrogens (tertiary/aromatic N) is 1. The highest BCUT2D eigenvalue weighted by Crippen LogP contribution is 2.42. The summed E-state index contributed by atoms with van der Waals surface area (Å²) in [4.78, 5) is 4.20. The van der Waals surface area contributed by atoms with Gasteiger partial charge in [0, 0.05) is 18.2 Å². The molecular formula is C14H21NO2. The molecule has 94 valence electrons. The predicted molar refractivity (Wildman–Crippen MR) is 67.2 cm³/mol. The van der Waals surface area contributed by atoms with Gasteiger partial charge in [0.15, 0.2) is 0 Å². The molecule has 1 fully saturated rings. The average Bonchev–Trinajstić information content (AvgIpc) is 3.16. The Morgan fingerprint density at radius 3 is 3.00 bits per heavy atom. The fraction of sp³-hybridized carbons (Fsp3) is 0.643. The Bertz CT molecular complexity index is 350. The molecule has 1 aromatic heterocycles. The van der Waals surface area contributed by atoms with Gasteiger partial charge in [0.1, 0.15) is 0 Å². The van der Waals surface area contributed by atoms with Crippen molar-refractivity contribution >= 4 is 0 Å². The van der Waals surface area contributed by atoms with Crippen molar-refractivity contribution in [1.29, 1.82) is 0 Å². The van der Waals surface area contributed by atoms with Crippen LogP contribution in [-0.4, -0.2) is 23.3 Å². The van der Waals surface area contributed by atoms with Gasteiger partial charge >= 0.3 is 0 Å².